The zero-order valence-electron chi connectivity index (χ0n) is 76.2. The number of aliphatic hydroxyl groups is 2. The van der Waals surface area contributed by atoms with Crippen molar-refractivity contribution < 1.29 is 121 Å². The smallest absolute Gasteiger partial charge is 0.327 e. The highest BCUT2D eigenvalue weighted by Gasteiger charge is 2.35. The van der Waals surface area contributed by atoms with Gasteiger partial charge in [0.25, 0.3) is 0 Å². The van der Waals surface area contributed by atoms with Crippen LogP contribution in [0.1, 0.15) is 272 Å². The fraction of sp³-hybridized carbons (Fsp3) is 0.860. The van der Waals surface area contributed by atoms with Crippen LogP contribution in [0.5, 0.6) is 0 Å². The lowest BCUT2D eigenvalue weighted by atomic mass is 9.98. The van der Waals surface area contributed by atoms with Crippen molar-refractivity contribution in [3.05, 3.63) is 0 Å². The molecule has 7 N–H and O–H groups in total. The van der Waals surface area contributed by atoms with Crippen LogP contribution in [0.3, 0.4) is 0 Å². The molecule has 0 radical (unpaired) electrons. The van der Waals surface area contributed by atoms with Crippen LogP contribution in [-0.2, 0) is 95.4 Å². The fourth-order valence-corrected chi connectivity index (χ4v) is 16.7. The van der Waals surface area contributed by atoms with E-state index in [2.05, 4.69) is 74.7 Å². The van der Waals surface area contributed by atoms with E-state index in [1.165, 1.54) is 42.8 Å². The van der Waals surface area contributed by atoms with Crippen molar-refractivity contribution in [3.63, 3.8) is 0 Å². The first-order valence-corrected chi connectivity index (χ1v) is 45.9. The Hall–Kier alpha value is -4.88. The zero-order valence-corrected chi connectivity index (χ0v) is 79.5. The first kappa shape index (κ1) is 117. The highest BCUT2D eigenvalue weighted by molar-refractivity contribution is 8.18. The van der Waals surface area contributed by atoms with Crippen LogP contribution in [0, 0.1) is 101 Å². The molecule has 0 bridgehead atoms. The number of aldehydes is 1. The number of carbonyl (C=O) groups excluding carboxylic acids is 9. The van der Waals surface area contributed by atoms with Gasteiger partial charge < -0.3 is 74.0 Å². The topological polar surface area (TPSA) is 406 Å². The number of thioether (sulfide) groups is 4. The number of carbonyl (C=O) groups is 12. The van der Waals surface area contributed by atoms with Gasteiger partial charge >= 0.3 is 65.7 Å². The predicted octanol–water partition coefficient (Wildman–Crippen LogP) is 15.9. The molecule has 4 fully saturated rings. The number of ether oxygens (including phenoxy) is 8. The molecule has 24 atom stereocenters. The third-order valence-electron chi connectivity index (χ3n) is 20.3. The zero-order chi connectivity index (χ0) is 91.1. The summed E-state index contributed by atoms with van der Waals surface area (Å²) in [6.45, 7) is 57.0. The number of carboxylic acid groups (broad SMARTS) is 3. The lowest BCUT2D eigenvalue weighted by molar-refractivity contribution is -0.161. The Labute approximate surface area is 713 Å². The average molecular weight is 1730 g/mol. The molecule has 0 aromatic rings. The minimum atomic E-state index is -0.911. The number of hydrogen-bond acceptors (Lipinski definition) is 27. The standard InChI is InChI=1S/C15H28O2S2.C12H22O4.C12H22O3.C11H20O5.C11H18O4.C10H17NO4.C9H18OS2.C6H12O2/c1-10(2)13(5)14(16)17-12(4)9-11(3)15-18-7-6-8-19-15;1-7(2)10(5)12(15)16-9(4)6-8(3)11(13)14;1-8(2)11(5)12(14)15-10(4)6-9(3)7-13;1-6(10(13)14)5-7(2)16-11(15)8(3)9(4)12;1-6-5-7(2)14-11(13)8(3)9(4)15-10(6)12;1-5-4-6(2)14-10(13)8(11)7(3)15-9(5)12;1-7(6-8(2)10)9-11-4-3-5-12-9;1-4(2)5(3)6(7)8/h10-13,15H,6-9H2,1-5H3;7-10H,6H2,1-5H3,(H,13,14);7-11H,6H2,1-5H3;6-9,12H,5H2,1-4H3,(H,13,14);6-9H,5H2,1-4H3;5-8H,4,11H2,1-3H3;7-10H,3-6H2,1-2H3;4-5H,1-3H3,(H,7,8)/t11-,12+,13+;8-,9+,10+;9-,10+,11+;2*6-,7+,8+,9-;5-,6+,7-,8+;7-,8+;5-/m11111110/s1. The highest BCUT2D eigenvalue weighted by Crippen LogP contribution is 2.39. The maximum absolute atomic E-state index is 11.9. The van der Waals surface area contributed by atoms with Crippen molar-refractivity contribution in [1.82, 2.24) is 0 Å². The van der Waals surface area contributed by atoms with E-state index in [-0.39, 0.29) is 138 Å². The number of nitrogens with two attached hydrogens (primary N) is 1. The number of aliphatic carboxylic acids is 3. The lowest BCUT2D eigenvalue weighted by Gasteiger charge is -2.29. The van der Waals surface area contributed by atoms with Crippen LogP contribution in [0.2, 0.25) is 0 Å². The van der Waals surface area contributed by atoms with Crippen molar-refractivity contribution in [3.8, 4) is 0 Å². The number of aliphatic hydroxyl groups excluding tert-OH is 2. The van der Waals surface area contributed by atoms with Crippen LogP contribution in [0.15, 0.2) is 0 Å². The largest absolute Gasteiger partial charge is 0.481 e. The summed E-state index contributed by atoms with van der Waals surface area (Å²) in [6.07, 6.45) is 4.24. The van der Waals surface area contributed by atoms with Crippen LogP contribution < -0.4 is 5.73 Å². The van der Waals surface area contributed by atoms with E-state index < -0.39 is 84.0 Å². The molecule has 4 heterocycles. The molecule has 0 aromatic heterocycles. The normalized spacial score (nSPS) is 24.1. The number of carboxylic acids is 3. The molecule has 4 aliphatic heterocycles. The summed E-state index contributed by atoms with van der Waals surface area (Å²) in [7, 11) is 0. The maximum atomic E-state index is 11.9. The molecule has 0 aliphatic carbocycles. The van der Waals surface area contributed by atoms with Crippen LogP contribution in [0.25, 0.3) is 0 Å². The Morgan fingerprint density at radius 2 is 0.707 bits per heavy atom. The van der Waals surface area contributed by atoms with E-state index in [1.54, 1.807) is 90.0 Å². The molecule has 0 aromatic carbocycles. The van der Waals surface area contributed by atoms with Gasteiger partial charge in [0, 0.05) is 5.92 Å². The Kier molecular flexibility index (Phi) is 63.9. The molecule has 26 nitrogen and oxygen atoms in total. The van der Waals surface area contributed by atoms with E-state index in [1.807, 2.05) is 90.0 Å². The monoisotopic (exact) mass is 1730 g/mol. The minimum Gasteiger partial charge on any atom is -0.481 e. The van der Waals surface area contributed by atoms with Crippen molar-refractivity contribution in [2.75, 3.05) is 23.0 Å². The Morgan fingerprint density at radius 1 is 0.405 bits per heavy atom. The van der Waals surface area contributed by atoms with Crippen molar-refractivity contribution >= 4 is 119 Å². The summed E-state index contributed by atoms with van der Waals surface area (Å²) in [5.41, 5.74) is 5.58. The SMILES string of the molecule is CC(C)[C@H](C)C(=O)O.CC(C)[C@H](C)C(=O)O[C@@H](C)C[C@@H](C)C(=O)O.CC(C)[C@H](C)C(=O)O[C@@H](C)C[C@@H](C)C1SCCCS1.CC(C)[C@H](C)C(=O)O[C@@H](C)C[C@@H](C)C=O.C[C@@H]1C[C@H](C)OC(=O)[C@@H](C)[C@@H](C)OC1=O.C[C@@H]1C[C@H](C)OC(=O)[C@@H](N)[C@@H](C)OC1=O.C[C@H](C[C@H](C)OC(=O)[C@@H](C)[C@@H](C)O)C(=O)O.C[C@H](O)C[C@@H](C)C1SCCCS1. The predicted molar refractivity (Wildman–Crippen MR) is 462 cm³/mol. The van der Waals surface area contributed by atoms with Crippen LogP contribution in [-0.4, -0.2) is 197 Å². The first-order chi connectivity index (χ1) is 53.4. The van der Waals surface area contributed by atoms with Gasteiger partial charge in [-0.3, -0.25) is 52.7 Å². The van der Waals surface area contributed by atoms with Gasteiger partial charge in [-0.2, -0.15) is 0 Å². The molecule has 4 rings (SSSR count). The third kappa shape index (κ3) is 54.4. The summed E-state index contributed by atoms with van der Waals surface area (Å²) < 4.78 is 43.0. The van der Waals surface area contributed by atoms with Gasteiger partial charge in [-0.15, -0.1) is 47.0 Å². The molecular weight excluding hydrogens is 1580 g/mol. The highest BCUT2D eigenvalue weighted by atomic mass is 32.2. The van der Waals surface area contributed by atoms with E-state index in [9.17, 15) is 67.7 Å². The summed E-state index contributed by atoms with van der Waals surface area (Å²) in [5.74, 6) is -0.337. The molecule has 0 saturated carbocycles. The number of cyclic esters (lactones) is 4. The van der Waals surface area contributed by atoms with Gasteiger partial charge in [0.15, 0.2) is 0 Å². The van der Waals surface area contributed by atoms with Crippen molar-refractivity contribution in [2.24, 2.45) is 106 Å². The van der Waals surface area contributed by atoms with Crippen molar-refractivity contribution in [1.29, 1.82) is 0 Å². The Morgan fingerprint density at radius 3 is 1.00 bits per heavy atom. The van der Waals surface area contributed by atoms with Crippen LogP contribution in [0.4, 0.5) is 0 Å². The molecule has 116 heavy (non-hydrogen) atoms. The number of esters is 8. The summed E-state index contributed by atoms with van der Waals surface area (Å²) >= 11 is 8.26. The van der Waals surface area contributed by atoms with E-state index in [0.717, 1.165) is 23.7 Å². The third-order valence-corrected chi connectivity index (χ3v) is 27.2. The second-order valence-corrected chi connectivity index (χ2v) is 39.5. The van der Waals surface area contributed by atoms with E-state index >= 15 is 0 Å². The van der Waals surface area contributed by atoms with Gasteiger partial charge in [-0.05, 0) is 199 Å². The minimum absolute atomic E-state index is 0.00353. The van der Waals surface area contributed by atoms with Crippen molar-refractivity contribution in [2.45, 2.75) is 349 Å². The maximum Gasteiger partial charge on any atom is 0.327 e. The Bertz CT molecular complexity index is 2710. The van der Waals surface area contributed by atoms with Gasteiger partial charge in [0.1, 0.15) is 24.5 Å². The second kappa shape index (κ2) is 63.1. The average Bonchev–Trinajstić information content (AvgIpc) is 1.68. The molecule has 4 aliphatic rings. The second-order valence-electron chi connectivity index (χ2n) is 33.9. The number of hydrogen-bond donors (Lipinski definition) is 6. The molecule has 0 spiro atoms. The van der Waals surface area contributed by atoms with Gasteiger partial charge in [0.05, 0.1) is 117 Å². The lowest BCUT2D eigenvalue weighted by Crippen LogP contribution is -2.43. The van der Waals surface area contributed by atoms with E-state index in [4.69, 9.17) is 58.9 Å². The van der Waals surface area contributed by atoms with Gasteiger partial charge in [0.2, 0.25) is 0 Å². The fourth-order valence-electron chi connectivity index (χ4n) is 10.5. The summed E-state index contributed by atoms with van der Waals surface area (Å²) in [5, 5.41) is 44.2. The molecule has 30 heteroatoms. The summed E-state index contributed by atoms with van der Waals surface area (Å²) in [4.78, 5) is 134. The van der Waals surface area contributed by atoms with E-state index in [0.29, 0.717) is 48.0 Å². The molecule has 0 amide bonds. The molecular formula is C86H157NO25S4. The number of rotatable bonds is 29. The van der Waals surface area contributed by atoms with Crippen LogP contribution >= 0.6 is 47.0 Å². The quantitative estimate of drug-likeness (QED) is 0.0230. The first-order valence-electron chi connectivity index (χ1n) is 41.7. The molecule has 0 unspecified atom stereocenters. The Balaban J connectivity index is -0.000000623. The van der Waals surface area contributed by atoms with Gasteiger partial charge in [-0.25, -0.2) is 0 Å². The van der Waals surface area contributed by atoms with Gasteiger partial charge in [-0.1, -0.05) is 132 Å². The summed E-state index contributed by atoms with van der Waals surface area (Å²) in [6, 6.07) is -0.901. The molecule has 4 saturated heterocycles. The molecule has 680 valence electrons.